The molecule has 2 N–H and O–H groups in total. The minimum Gasteiger partial charge on any atom is -0.344 e. The number of hydrogen-bond acceptors (Lipinski definition) is 3. The normalized spacial score (nSPS) is 18.7. The Labute approximate surface area is 151 Å². The first kappa shape index (κ1) is 18.3. The van der Waals surface area contributed by atoms with E-state index in [2.05, 4.69) is 16.7 Å². The molecule has 23 heavy (non-hydrogen) atoms. The fraction of sp³-hybridized carbons (Fsp3) is 0.353. The molecule has 1 aliphatic heterocycles. The van der Waals surface area contributed by atoms with Crippen molar-refractivity contribution in [1.82, 2.24) is 10.6 Å². The van der Waals surface area contributed by atoms with Crippen LogP contribution in [0.4, 0.5) is 0 Å². The van der Waals surface area contributed by atoms with Crippen molar-refractivity contribution in [3.05, 3.63) is 57.2 Å². The van der Waals surface area contributed by atoms with Gasteiger partial charge in [0.1, 0.15) is 0 Å². The molecule has 3 nitrogen and oxygen atoms in total. The van der Waals surface area contributed by atoms with E-state index >= 15 is 0 Å². The Hall–Kier alpha value is -1.07. The summed E-state index contributed by atoms with van der Waals surface area (Å²) in [6, 6.07) is 11.7. The van der Waals surface area contributed by atoms with E-state index in [1.807, 2.05) is 35.7 Å². The van der Waals surface area contributed by atoms with Gasteiger partial charge in [0.2, 0.25) is 5.91 Å². The van der Waals surface area contributed by atoms with Gasteiger partial charge < -0.3 is 10.6 Å². The maximum atomic E-state index is 12.6. The van der Waals surface area contributed by atoms with Gasteiger partial charge in [-0.05, 0) is 48.5 Å². The Balaban J connectivity index is 0.00000192. The molecule has 0 radical (unpaired) electrons. The topological polar surface area (TPSA) is 41.1 Å². The number of hydrogen-bond donors (Lipinski definition) is 2. The zero-order chi connectivity index (χ0) is 15.4. The van der Waals surface area contributed by atoms with Crippen LogP contribution in [0.3, 0.4) is 0 Å². The second kappa shape index (κ2) is 8.69. The lowest BCUT2D eigenvalue weighted by atomic mass is 9.97. The average molecular weight is 371 g/mol. The van der Waals surface area contributed by atoms with Crippen LogP contribution >= 0.6 is 35.3 Å². The summed E-state index contributed by atoms with van der Waals surface area (Å²) < 4.78 is 0. The molecule has 0 spiro atoms. The van der Waals surface area contributed by atoms with E-state index in [0.717, 1.165) is 36.4 Å². The van der Waals surface area contributed by atoms with Crippen LogP contribution in [-0.2, 0) is 4.79 Å². The lowest BCUT2D eigenvalue weighted by Crippen LogP contribution is -2.41. The van der Waals surface area contributed by atoms with Crippen molar-refractivity contribution in [1.29, 1.82) is 0 Å². The van der Waals surface area contributed by atoms with Crippen LogP contribution in [0.5, 0.6) is 0 Å². The van der Waals surface area contributed by atoms with Crippen LogP contribution in [0.1, 0.15) is 29.3 Å². The van der Waals surface area contributed by atoms with Crippen molar-refractivity contribution in [3.63, 3.8) is 0 Å². The molecule has 3 rings (SSSR count). The van der Waals surface area contributed by atoms with Gasteiger partial charge in [-0.25, -0.2) is 0 Å². The highest BCUT2D eigenvalue weighted by atomic mass is 35.5. The smallest absolute Gasteiger partial charge is 0.225 e. The maximum absolute atomic E-state index is 12.6. The number of halogens is 2. The monoisotopic (exact) mass is 370 g/mol. The first-order valence-electron chi connectivity index (χ1n) is 7.54. The number of nitrogens with one attached hydrogen (secondary N) is 2. The lowest BCUT2D eigenvalue weighted by Gasteiger charge is -2.25. The first-order valence-corrected chi connectivity index (χ1v) is 8.80. The van der Waals surface area contributed by atoms with Crippen molar-refractivity contribution >= 4 is 41.3 Å². The zero-order valence-electron chi connectivity index (χ0n) is 12.6. The minimum absolute atomic E-state index is 0. The van der Waals surface area contributed by atoms with E-state index in [9.17, 15) is 4.79 Å². The quantitative estimate of drug-likeness (QED) is 0.852. The molecule has 0 aliphatic carbocycles. The summed E-state index contributed by atoms with van der Waals surface area (Å²) in [6.07, 6.45) is 2.01. The number of thiophene rings is 1. The van der Waals surface area contributed by atoms with Gasteiger partial charge >= 0.3 is 0 Å². The summed E-state index contributed by atoms with van der Waals surface area (Å²) in [6.45, 7) is 1.78. The molecule has 1 aromatic carbocycles. The molecule has 2 atom stereocenters. The minimum atomic E-state index is -0.105. The zero-order valence-corrected chi connectivity index (χ0v) is 15.0. The van der Waals surface area contributed by atoms with Crippen molar-refractivity contribution < 1.29 is 4.79 Å². The number of amides is 1. The van der Waals surface area contributed by atoms with E-state index < -0.39 is 0 Å². The standard InChI is InChI=1S/C17H19ClN2OS.ClH/c18-14-7-5-12(6-8-14)16(15-4-2-10-22-15)20-17(21)13-3-1-9-19-11-13;/h2,4-8,10,13,16,19H,1,3,9,11H2,(H,20,21);1H. The molecular formula is C17H20Cl2N2OS. The molecule has 6 heteroatoms. The van der Waals surface area contributed by atoms with Gasteiger partial charge in [-0.2, -0.15) is 0 Å². The van der Waals surface area contributed by atoms with Crippen LogP contribution in [0.2, 0.25) is 5.02 Å². The Kier molecular flexibility index (Phi) is 6.90. The molecule has 1 aliphatic rings. The number of rotatable bonds is 4. The van der Waals surface area contributed by atoms with Crippen LogP contribution in [0.25, 0.3) is 0 Å². The summed E-state index contributed by atoms with van der Waals surface area (Å²) in [7, 11) is 0. The highest BCUT2D eigenvalue weighted by Gasteiger charge is 2.25. The van der Waals surface area contributed by atoms with Crippen LogP contribution in [-0.4, -0.2) is 19.0 Å². The van der Waals surface area contributed by atoms with Gasteiger partial charge in [0.15, 0.2) is 0 Å². The maximum Gasteiger partial charge on any atom is 0.225 e. The Morgan fingerprint density at radius 1 is 1.30 bits per heavy atom. The predicted molar refractivity (Wildman–Crippen MR) is 98.6 cm³/mol. The van der Waals surface area contributed by atoms with Crippen molar-refractivity contribution in [2.45, 2.75) is 18.9 Å². The van der Waals surface area contributed by atoms with Crippen LogP contribution in [0.15, 0.2) is 41.8 Å². The van der Waals surface area contributed by atoms with E-state index in [0.29, 0.717) is 5.02 Å². The number of benzene rings is 1. The van der Waals surface area contributed by atoms with Crippen molar-refractivity contribution in [2.75, 3.05) is 13.1 Å². The number of carbonyl (C=O) groups is 1. The third-order valence-electron chi connectivity index (χ3n) is 3.99. The van der Waals surface area contributed by atoms with Crippen LogP contribution < -0.4 is 10.6 Å². The molecule has 124 valence electrons. The fourth-order valence-corrected chi connectivity index (χ4v) is 3.69. The Morgan fingerprint density at radius 2 is 2.09 bits per heavy atom. The van der Waals surface area contributed by atoms with E-state index in [-0.39, 0.29) is 30.3 Å². The molecule has 2 unspecified atom stereocenters. The van der Waals surface area contributed by atoms with E-state index in [4.69, 9.17) is 11.6 Å². The fourth-order valence-electron chi connectivity index (χ4n) is 2.77. The van der Waals surface area contributed by atoms with Crippen molar-refractivity contribution in [2.24, 2.45) is 5.92 Å². The van der Waals surface area contributed by atoms with Crippen LogP contribution in [0, 0.1) is 5.92 Å². The lowest BCUT2D eigenvalue weighted by molar-refractivity contribution is -0.126. The Morgan fingerprint density at radius 3 is 2.70 bits per heavy atom. The average Bonchev–Trinajstić information content (AvgIpc) is 3.08. The summed E-state index contributed by atoms with van der Waals surface area (Å²) in [5.41, 5.74) is 1.06. The molecule has 2 aromatic rings. The number of carbonyl (C=O) groups excluding carboxylic acids is 1. The largest absolute Gasteiger partial charge is 0.344 e. The van der Waals surface area contributed by atoms with Gasteiger partial charge in [-0.1, -0.05) is 29.8 Å². The van der Waals surface area contributed by atoms with Gasteiger partial charge in [0, 0.05) is 16.4 Å². The molecule has 0 bridgehead atoms. The molecule has 2 heterocycles. The second-order valence-corrected chi connectivity index (χ2v) is 6.97. The summed E-state index contributed by atoms with van der Waals surface area (Å²) >= 11 is 7.63. The molecule has 1 fully saturated rings. The summed E-state index contributed by atoms with van der Waals surface area (Å²) in [5.74, 6) is 0.184. The van der Waals surface area contributed by atoms with Gasteiger partial charge in [0.05, 0.1) is 12.0 Å². The Bertz CT molecular complexity index is 610. The molecule has 0 saturated carbocycles. The van der Waals surface area contributed by atoms with Gasteiger partial charge in [-0.15, -0.1) is 23.7 Å². The highest BCUT2D eigenvalue weighted by molar-refractivity contribution is 7.10. The van der Waals surface area contributed by atoms with Crippen molar-refractivity contribution in [3.8, 4) is 0 Å². The SMILES string of the molecule is Cl.O=C(NC(c1ccc(Cl)cc1)c1cccs1)C1CCCNC1. The first-order chi connectivity index (χ1) is 10.7. The number of piperidine rings is 1. The van der Waals surface area contributed by atoms with E-state index in [1.165, 1.54) is 0 Å². The van der Waals surface area contributed by atoms with Gasteiger partial charge in [-0.3, -0.25) is 4.79 Å². The third kappa shape index (κ3) is 4.70. The van der Waals surface area contributed by atoms with E-state index in [1.54, 1.807) is 11.3 Å². The summed E-state index contributed by atoms with van der Waals surface area (Å²) in [4.78, 5) is 13.7. The molecular weight excluding hydrogens is 351 g/mol. The highest BCUT2D eigenvalue weighted by Crippen LogP contribution is 2.27. The molecule has 1 amide bonds. The second-order valence-electron chi connectivity index (χ2n) is 5.55. The molecule has 1 aromatic heterocycles. The summed E-state index contributed by atoms with van der Waals surface area (Å²) in [5, 5.41) is 9.25. The van der Waals surface area contributed by atoms with Gasteiger partial charge in [0.25, 0.3) is 0 Å². The molecule has 1 saturated heterocycles. The third-order valence-corrected chi connectivity index (χ3v) is 5.17. The predicted octanol–water partition coefficient (Wildman–Crippen LogP) is 4.03.